The summed E-state index contributed by atoms with van der Waals surface area (Å²) in [6.07, 6.45) is 1.33. The van der Waals surface area contributed by atoms with Gasteiger partial charge in [0.15, 0.2) is 0 Å². The van der Waals surface area contributed by atoms with Crippen molar-refractivity contribution in [2.75, 3.05) is 26.8 Å². The summed E-state index contributed by atoms with van der Waals surface area (Å²) in [4.78, 5) is 2.05. The zero-order valence-electron chi connectivity index (χ0n) is 11.7. The molecule has 1 saturated heterocycles. The maximum absolute atomic E-state index is 13.2. The first-order valence-corrected chi connectivity index (χ1v) is 6.72. The summed E-state index contributed by atoms with van der Waals surface area (Å²) < 4.78 is 18.5. The summed E-state index contributed by atoms with van der Waals surface area (Å²) in [6, 6.07) is 4.84. The van der Waals surface area contributed by atoms with Gasteiger partial charge in [-0.3, -0.25) is 4.90 Å². The first-order chi connectivity index (χ1) is 8.98. The summed E-state index contributed by atoms with van der Waals surface area (Å²) in [7, 11) is 1.96. The van der Waals surface area contributed by atoms with Crippen LogP contribution in [0.5, 0.6) is 0 Å². The van der Waals surface area contributed by atoms with Gasteiger partial charge in [-0.1, -0.05) is 6.07 Å². The molecule has 1 aliphatic rings. The largest absolute Gasteiger partial charge is 0.388 e. The Kier molecular flexibility index (Phi) is 4.55. The van der Waals surface area contributed by atoms with Gasteiger partial charge in [0, 0.05) is 39.1 Å². The maximum atomic E-state index is 13.2. The van der Waals surface area contributed by atoms with Crippen molar-refractivity contribution >= 4 is 0 Å². The fourth-order valence-electron chi connectivity index (χ4n) is 2.57. The van der Waals surface area contributed by atoms with Gasteiger partial charge in [-0.15, -0.1) is 0 Å². The molecule has 1 fully saturated rings. The van der Waals surface area contributed by atoms with E-state index in [1.807, 2.05) is 18.9 Å². The summed E-state index contributed by atoms with van der Waals surface area (Å²) >= 11 is 0. The molecule has 1 aromatic rings. The van der Waals surface area contributed by atoms with E-state index in [4.69, 9.17) is 4.74 Å². The molecule has 0 saturated carbocycles. The number of halogens is 1. The van der Waals surface area contributed by atoms with Crippen LogP contribution in [0.1, 0.15) is 24.0 Å². The third-order valence-corrected chi connectivity index (χ3v) is 3.74. The second-order valence-electron chi connectivity index (χ2n) is 5.58. The van der Waals surface area contributed by atoms with Crippen molar-refractivity contribution in [2.24, 2.45) is 0 Å². The minimum absolute atomic E-state index is 0.209. The Hall–Kier alpha value is -0.970. The average molecular weight is 267 g/mol. The molecule has 0 aromatic heterocycles. The first-order valence-electron chi connectivity index (χ1n) is 6.72. The molecule has 0 amide bonds. The maximum Gasteiger partial charge on any atom is 0.123 e. The Morgan fingerprint density at radius 1 is 1.37 bits per heavy atom. The number of hydrogen-bond acceptors (Lipinski definition) is 3. The number of likely N-dealkylation sites (N-methyl/N-ethyl adjacent to an activating group) is 1. The van der Waals surface area contributed by atoms with E-state index in [1.54, 1.807) is 12.1 Å². The Bertz CT molecular complexity index is 430. The summed E-state index contributed by atoms with van der Waals surface area (Å²) in [6.45, 7) is 4.44. The molecule has 1 N–H and O–H groups in total. The van der Waals surface area contributed by atoms with Crippen molar-refractivity contribution in [1.29, 1.82) is 0 Å². The van der Waals surface area contributed by atoms with Crippen LogP contribution in [-0.4, -0.2) is 42.4 Å². The van der Waals surface area contributed by atoms with Crippen LogP contribution in [0, 0.1) is 12.7 Å². The van der Waals surface area contributed by atoms with Gasteiger partial charge in [0.25, 0.3) is 0 Å². The van der Waals surface area contributed by atoms with Gasteiger partial charge in [-0.05, 0) is 37.2 Å². The van der Waals surface area contributed by atoms with E-state index in [1.165, 1.54) is 6.07 Å². The monoisotopic (exact) mass is 267 g/mol. The van der Waals surface area contributed by atoms with Gasteiger partial charge in [0.1, 0.15) is 5.82 Å². The highest BCUT2D eigenvalue weighted by Gasteiger charge is 2.30. The molecule has 1 aromatic carbocycles. The summed E-state index contributed by atoms with van der Waals surface area (Å²) in [5, 5.41) is 10.4. The van der Waals surface area contributed by atoms with E-state index in [0.717, 1.165) is 11.1 Å². The van der Waals surface area contributed by atoms with Crippen LogP contribution in [0.2, 0.25) is 0 Å². The lowest BCUT2D eigenvalue weighted by atomic mass is 9.93. The van der Waals surface area contributed by atoms with Crippen LogP contribution in [0.15, 0.2) is 18.2 Å². The van der Waals surface area contributed by atoms with Gasteiger partial charge >= 0.3 is 0 Å². The van der Waals surface area contributed by atoms with Gasteiger partial charge in [0.2, 0.25) is 0 Å². The number of nitrogens with zero attached hydrogens (tertiary/aromatic N) is 1. The van der Waals surface area contributed by atoms with E-state index >= 15 is 0 Å². The van der Waals surface area contributed by atoms with E-state index in [0.29, 0.717) is 39.1 Å². The third-order valence-electron chi connectivity index (χ3n) is 3.74. The number of ether oxygens (including phenoxy) is 1. The Balaban J connectivity index is 1.96. The molecule has 106 valence electrons. The molecular formula is C15H22FNO2. The summed E-state index contributed by atoms with van der Waals surface area (Å²) in [5.74, 6) is -0.209. The fourth-order valence-corrected chi connectivity index (χ4v) is 2.57. The molecule has 0 spiro atoms. The molecule has 0 unspecified atom stereocenters. The van der Waals surface area contributed by atoms with Gasteiger partial charge in [-0.25, -0.2) is 4.39 Å². The lowest BCUT2D eigenvalue weighted by molar-refractivity contribution is -0.0777. The highest BCUT2D eigenvalue weighted by Crippen LogP contribution is 2.22. The molecule has 0 aliphatic carbocycles. The summed E-state index contributed by atoms with van der Waals surface area (Å²) in [5.41, 5.74) is 1.37. The molecule has 1 heterocycles. The van der Waals surface area contributed by atoms with Gasteiger partial charge < -0.3 is 9.84 Å². The molecular weight excluding hydrogens is 245 g/mol. The van der Waals surface area contributed by atoms with Crippen LogP contribution >= 0.6 is 0 Å². The van der Waals surface area contributed by atoms with E-state index < -0.39 is 5.60 Å². The van der Waals surface area contributed by atoms with Crippen LogP contribution < -0.4 is 0 Å². The van der Waals surface area contributed by atoms with Crippen LogP contribution in [0.25, 0.3) is 0 Å². The normalized spacial score (nSPS) is 18.8. The molecule has 0 radical (unpaired) electrons. The van der Waals surface area contributed by atoms with Crippen LogP contribution in [-0.2, 0) is 11.3 Å². The first kappa shape index (κ1) is 14.4. The molecule has 0 bridgehead atoms. The highest BCUT2D eigenvalue weighted by atomic mass is 19.1. The highest BCUT2D eigenvalue weighted by molar-refractivity contribution is 5.26. The van der Waals surface area contributed by atoms with Crippen molar-refractivity contribution in [3.63, 3.8) is 0 Å². The fraction of sp³-hybridized carbons (Fsp3) is 0.600. The van der Waals surface area contributed by atoms with Crippen molar-refractivity contribution in [1.82, 2.24) is 4.90 Å². The molecule has 1 aliphatic heterocycles. The lowest BCUT2D eigenvalue weighted by Gasteiger charge is -2.35. The topological polar surface area (TPSA) is 32.7 Å². The smallest absolute Gasteiger partial charge is 0.123 e. The number of hydrogen-bond donors (Lipinski definition) is 1. The van der Waals surface area contributed by atoms with E-state index in [2.05, 4.69) is 0 Å². The molecule has 0 atom stereocenters. The third kappa shape index (κ3) is 4.00. The SMILES string of the molecule is Cc1ccc(F)cc1CN(C)CC1(O)CCOCC1. The van der Waals surface area contributed by atoms with Crippen molar-refractivity contribution in [3.05, 3.63) is 35.1 Å². The van der Waals surface area contributed by atoms with Gasteiger partial charge in [0.05, 0.1) is 5.60 Å². The van der Waals surface area contributed by atoms with Crippen LogP contribution in [0.4, 0.5) is 4.39 Å². The zero-order chi connectivity index (χ0) is 13.9. The molecule has 3 nitrogen and oxygen atoms in total. The second-order valence-corrected chi connectivity index (χ2v) is 5.58. The number of benzene rings is 1. The number of aryl methyl sites for hydroxylation is 1. The molecule has 2 rings (SSSR count). The van der Waals surface area contributed by atoms with Gasteiger partial charge in [-0.2, -0.15) is 0 Å². The van der Waals surface area contributed by atoms with Crippen molar-refractivity contribution < 1.29 is 14.2 Å². The Morgan fingerprint density at radius 3 is 2.74 bits per heavy atom. The van der Waals surface area contributed by atoms with Crippen molar-refractivity contribution in [3.8, 4) is 0 Å². The average Bonchev–Trinajstić information content (AvgIpc) is 2.34. The molecule has 19 heavy (non-hydrogen) atoms. The van der Waals surface area contributed by atoms with Crippen molar-refractivity contribution in [2.45, 2.75) is 31.9 Å². The Morgan fingerprint density at radius 2 is 2.05 bits per heavy atom. The minimum atomic E-state index is -0.672. The van der Waals surface area contributed by atoms with E-state index in [9.17, 15) is 9.50 Å². The predicted molar refractivity (Wildman–Crippen MR) is 72.5 cm³/mol. The minimum Gasteiger partial charge on any atom is -0.388 e. The number of aliphatic hydroxyl groups is 1. The Labute approximate surface area is 114 Å². The molecule has 4 heteroatoms. The van der Waals surface area contributed by atoms with E-state index in [-0.39, 0.29) is 5.82 Å². The standard InChI is InChI=1S/C15H22FNO2/c1-12-3-4-14(16)9-13(12)10-17(2)11-15(18)5-7-19-8-6-15/h3-4,9,18H,5-8,10-11H2,1-2H3. The predicted octanol–water partition coefficient (Wildman–Crippen LogP) is 2.11. The second kappa shape index (κ2) is 5.99. The lowest BCUT2D eigenvalue weighted by Crippen LogP contribution is -2.45. The van der Waals surface area contributed by atoms with Crippen LogP contribution in [0.3, 0.4) is 0 Å². The number of rotatable bonds is 4. The zero-order valence-corrected chi connectivity index (χ0v) is 11.7. The quantitative estimate of drug-likeness (QED) is 0.907.